The average Bonchev–Trinajstić information content (AvgIpc) is 3.22. The van der Waals surface area contributed by atoms with E-state index in [0.717, 1.165) is 35.4 Å². The Hall–Kier alpha value is -0.910. The number of hydrogen-bond acceptors (Lipinski definition) is 3. The lowest BCUT2D eigenvalue weighted by Gasteiger charge is -2.13. The van der Waals surface area contributed by atoms with Crippen molar-refractivity contribution in [3.8, 4) is 0 Å². The first-order chi connectivity index (χ1) is 9.94. The summed E-state index contributed by atoms with van der Waals surface area (Å²) in [5.41, 5.74) is 2.96. The van der Waals surface area contributed by atoms with E-state index in [4.69, 9.17) is 0 Å². The van der Waals surface area contributed by atoms with Gasteiger partial charge in [0.25, 0.3) is 0 Å². The molecular weight excluding hydrogens is 284 g/mol. The van der Waals surface area contributed by atoms with Gasteiger partial charge in [0.05, 0.1) is 4.90 Å². The van der Waals surface area contributed by atoms with Crippen LogP contribution in [-0.4, -0.2) is 22.0 Å². The number of benzene rings is 1. The smallest absolute Gasteiger partial charge is 0.240 e. The molecule has 0 aromatic heterocycles. The van der Waals surface area contributed by atoms with Crippen molar-refractivity contribution >= 4 is 10.0 Å². The monoisotopic (exact) mass is 310 g/mol. The lowest BCUT2D eigenvalue weighted by Crippen LogP contribution is -2.26. The van der Waals surface area contributed by atoms with E-state index in [1.165, 1.54) is 12.8 Å². The van der Waals surface area contributed by atoms with Crippen molar-refractivity contribution in [1.29, 1.82) is 0 Å². The minimum Gasteiger partial charge on any atom is -0.316 e. The highest BCUT2D eigenvalue weighted by Gasteiger charge is 2.21. The first kappa shape index (κ1) is 16.5. The van der Waals surface area contributed by atoms with Crippen LogP contribution in [0.1, 0.15) is 42.4 Å². The maximum atomic E-state index is 12.4. The minimum absolute atomic E-state index is 0.407. The molecule has 2 N–H and O–H groups in total. The Labute approximate surface area is 128 Å². The molecule has 0 amide bonds. The Kier molecular flexibility index (Phi) is 5.41. The maximum Gasteiger partial charge on any atom is 0.240 e. The number of nitrogens with one attached hydrogen (secondary N) is 2. The van der Waals surface area contributed by atoms with Crippen molar-refractivity contribution in [1.82, 2.24) is 10.0 Å². The third kappa shape index (κ3) is 4.53. The molecule has 0 saturated heterocycles. The molecule has 1 aliphatic rings. The molecule has 0 heterocycles. The molecule has 4 nitrogen and oxygen atoms in total. The summed E-state index contributed by atoms with van der Waals surface area (Å²) in [7, 11) is -1.54. The standard InChI is InChI=1S/C16H26N2O2S/c1-12-9-13(2)16(10-15(12)11-17-3)21(19,20)18-8-4-5-14-6-7-14/h9-10,14,17-18H,4-8,11H2,1-3H3. The summed E-state index contributed by atoms with van der Waals surface area (Å²) in [4.78, 5) is 0.407. The SMILES string of the molecule is CNCc1cc(S(=O)(=O)NCCCC2CC2)c(C)cc1C. The third-order valence-corrected chi connectivity index (χ3v) is 5.67. The molecule has 118 valence electrons. The van der Waals surface area contributed by atoms with Gasteiger partial charge in [-0.25, -0.2) is 13.1 Å². The topological polar surface area (TPSA) is 58.2 Å². The van der Waals surface area contributed by atoms with Crippen LogP contribution in [0.2, 0.25) is 0 Å². The zero-order chi connectivity index (χ0) is 15.5. The number of aryl methyl sites for hydroxylation is 2. The molecular formula is C16H26N2O2S. The Morgan fingerprint density at radius 1 is 1.19 bits per heavy atom. The molecule has 1 aromatic rings. The second-order valence-electron chi connectivity index (χ2n) is 6.06. The normalized spacial score (nSPS) is 15.4. The molecule has 5 heteroatoms. The molecule has 0 bridgehead atoms. The van der Waals surface area contributed by atoms with Crippen molar-refractivity contribution in [2.24, 2.45) is 5.92 Å². The van der Waals surface area contributed by atoms with Gasteiger partial charge in [-0.2, -0.15) is 0 Å². The second-order valence-corrected chi connectivity index (χ2v) is 7.79. The third-order valence-electron chi connectivity index (χ3n) is 4.07. The van der Waals surface area contributed by atoms with E-state index < -0.39 is 10.0 Å². The van der Waals surface area contributed by atoms with Gasteiger partial charge in [-0.3, -0.25) is 0 Å². The number of rotatable bonds is 8. The molecule has 0 radical (unpaired) electrons. The van der Waals surface area contributed by atoms with Crippen LogP contribution in [0, 0.1) is 19.8 Å². The van der Waals surface area contributed by atoms with E-state index in [9.17, 15) is 8.42 Å². The van der Waals surface area contributed by atoms with Crippen molar-refractivity contribution in [2.75, 3.05) is 13.6 Å². The van der Waals surface area contributed by atoms with E-state index >= 15 is 0 Å². The molecule has 1 aliphatic carbocycles. The minimum atomic E-state index is -3.40. The fourth-order valence-electron chi connectivity index (χ4n) is 2.63. The first-order valence-corrected chi connectivity index (χ1v) is 9.16. The summed E-state index contributed by atoms with van der Waals surface area (Å²) in [6.45, 7) is 5.08. The Morgan fingerprint density at radius 2 is 1.90 bits per heavy atom. The lowest BCUT2D eigenvalue weighted by molar-refractivity contribution is 0.571. The highest BCUT2D eigenvalue weighted by atomic mass is 32.2. The first-order valence-electron chi connectivity index (χ1n) is 7.68. The molecule has 0 spiro atoms. The quantitative estimate of drug-likeness (QED) is 0.725. The van der Waals surface area contributed by atoms with Crippen LogP contribution < -0.4 is 10.0 Å². The molecule has 2 rings (SSSR count). The Morgan fingerprint density at radius 3 is 2.52 bits per heavy atom. The molecule has 21 heavy (non-hydrogen) atoms. The number of hydrogen-bond donors (Lipinski definition) is 2. The maximum absolute atomic E-state index is 12.4. The fraction of sp³-hybridized carbons (Fsp3) is 0.625. The van der Waals surface area contributed by atoms with Gasteiger partial charge in [0, 0.05) is 13.1 Å². The summed E-state index contributed by atoms with van der Waals surface area (Å²) >= 11 is 0. The van der Waals surface area contributed by atoms with E-state index in [0.29, 0.717) is 18.0 Å². The summed E-state index contributed by atoms with van der Waals surface area (Å²) in [5.74, 6) is 0.845. The van der Waals surface area contributed by atoms with Gasteiger partial charge in [0.2, 0.25) is 10.0 Å². The zero-order valence-electron chi connectivity index (χ0n) is 13.2. The summed E-state index contributed by atoms with van der Waals surface area (Å²) in [6.07, 6.45) is 4.70. The van der Waals surface area contributed by atoms with Crippen LogP contribution in [0.25, 0.3) is 0 Å². The van der Waals surface area contributed by atoms with E-state index in [2.05, 4.69) is 10.0 Å². The van der Waals surface area contributed by atoms with Crippen molar-refractivity contribution < 1.29 is 8.42 Å². The van der Waals surface area contributed by atoms with E-state index in [-0.39, 0.29) is 0 Å². The van der Waals surface area contributed by atoms with Gasteiger partial charge in [0.15, 0.2) is 0 Å². The van der Waals surface area contributed by atoms with Crippen LogP contribution in [0.15, 0.2) is 17.0 Å². The summed E-state index contributed by atoms with van der Waals surface area (Å²) < 4.78 is 27.6. The molecule has 0 atom stereocenters. The van der Waals surface area contributed by atoms with Crippen LogP contribution in [0.4, 0.5) is 0 Å². The van der Waals surface area contributed by atoms with Gasteiger partial charge in [-0.05, 0) is 62.4 Å². The largest absolute Gasteiger partial charge is 0.316 e. The van der Waals surface area contributed by atoms with Crippen molar-refractivity contribution in [3.63, 3.8) is 0 Å². The number of sulfonamides is 1. The molecule has 1 fully saturated rings. The predicted octanol–water partition coefficient (Wildman–Crippen LogP) is 2.49. The molecule has 0 aliphatic heterocycles. The van der Waals surface area contributed by atoms with Crippen LogP contribution >= 0.6 is 0 Å². The van der Waals surface area contributed by atoms with Crippen LogP contribution in [0.5, 0.6) is 0 Å². The molecule has 1 aromatic carbocycles. The van der Waals surface area contributed by atoms with Gasteiger partial charge in [0.1, 0.15) is 0 Å². The Bertz CT molecular complexity index is 593. The van der Waals surface area contributed by atoms with Crippen LogP contribution in [-0.2, 0) is 16.6 Å². The van der Waals surface area contributed by atoms with E-state index in [1.54, 1.807) is 6.07 Å². The summed E-state index contributed by atoms with van der Waals surface area (Å²) in [5, 5.41) is 3.08. The highest BCUT2D eigenvalue weighted by molar-refractivity contribution is 7.89. The van der Waals surface area contributed by atoms with E-state index in [1.807, 2.05) is 27.0 Å². The molecule has 1 saturated carbocycles. The van der Waals surface area contributed by atoms with Gasteiger partial charge in [-0.15, -0.1) is 0 Å². The average molecular weight is 310 g/mol. The highest BCUT2D eigenvalue weighted by Crippen LogP contribution is 2.33. The summed E-state index contributed by atoms with van der Waals surface area (Å²) in [6, 6.07) is 3.75. The second kappa shape index (κ2) is 6.90. The van der Waals surface area contributed by atoms with Crippen LogP contribution in [0.3, 0.4) is 0 Å². The van der Waals surface area contributed by atoms with Crippen molar-refractivity contribution in [2.45, 2.75) is 51.0 Å². The molecule has 0 unspecified atom stereocenters. The zero-order valence-corrected chi connectivity index (χ0v) is 14.0. The van der Waals surface area contributed by atoms with Crippen molar-refractivity contribution in [3.05, 3.63) is 28.8 Å². The Balaban J connectivity index is 2.07. The van der Waals surface area contributed by atoms with Gasteiger partial charge >= 0.3 is 0 Å². The lowest BCUT2D eigenvalue weighted by atomic mass is 10.1. The van der Waals surface area contributed by atoms with Gasteiger partial charge in [-0.1, -0.05) is 18.9 Å². The van der Waals surface area contributed by atoms with Gasteiger partial charge < -0.3 is 5.32 Å². The predicted molar refractivity (Wildman–Crippen MR) is 85.8 cm³/mol. The fourth-order valence-corrected chi connectivity index (χ4v) is 3.98.